The van der Waals surface area contributed by atoms with Gasteiger partial charge in [-0.3, -0.25) is 0 Å². The predicted molar refractivity (Wildman–Crippen MR) is 116 cm³/mol. The maximum atomic E-state index is 12.6. The van der Waals surface area contributed by atoms with Crippen LogP contribution in [0.25, 0.3) is 5.69 Å². The number of rotatable bonds is 7. The molecule has 1 aromatic heterocycles. The Kier molecular flexibility index (Phi) is 6.67. The molecule has 0 spiro atoms. The highest BCUT2D eigenvalue weighted by Crippen LogP contribution is 2.18. The molecule has 0 radical (unpaired) electrons. The summed E-state index contributed by atoms with van der Waals surface area (Å²) in [5.41, 5.74) is 5.08. The summed E-state index contributed by atoms with van der Waals surface area (Å²) in [5, 5.41) is 10.7. The summed E-state index contributed by atoms with van der Waals surface area (Å²) in [7, 11) is 4.00. The number of urea groups is 1. The van der Waals surface area contributed by atoms with E-state index < -0.39 is 0 Å². The number of para-hydroxylation sites is 1. The Bertz CT molecular complexity index is 935. The number of carbonyl (C=O) groups excluding carboxylic acids is 1. The fourth-order valence-corrected chi connectivity index (χ4v) is 3.41. The zero-order valence-electron chi connectivity index (χ0n) is 17.5. The zero-order valence-corrected chi connectivity index (χ0v) is 17.5. The average molecular weight is 392 g/mol. The van der Waals surface area contributed by atoms with E-state index in [1.807, 2.05) is 93.3 Å². The van der Waals surface area contributed by atoms with Crippen LogP contribution in [-0.4, -0.2) is 41.4 Å². The standard InChI is InChI=1S/C23H29N5O/c1-17-21(18(2)28(26-17)20-13-9-6-10-14-20)15-24-23(29)25-22(16-27(3)4)19-11-7-5-8-12-19/h5-14,22H,15-16H2,1-4H3,(H2,24,25,29). The fourth-order valence-electron chi connectivity index (χ4n) is 3.41. The second kappa shape index (κ2) is 9.39. The van der Waals surface area contributed by atoms with Crippen LogP contribution in [-0.2, 0) is 6.54 Å². The summed E-state index contributed by atoms with van der Waals surface area (Å²) in [6.45, 7) is 5.15. The van der Waals surface area contributed by atoms with E-state index in [0.717, 1.165) is 34.7 Å². The van der Waals surface area contributed by atoms with Crippen molar-refractivity contribution in [3.63, 3.8) is 0 Å². The second-order valence-electron chi connectivity index (χ2n) is 7.45. The van der Waals surface area contributed by atoms with Crippen LogP contribution in [0, 0.1) is 13.8 Å². The number of aryl methyl sites for hydroxylation is 1. The molecule has 0 aliphatic rings. The first-order valence-electron chi connectivity index (χ1n) is 9.80. The summed E-state index contributed by atoms with van der Waals surface area (Å²) < 4.78 is 1.92. The Morgan fingerprint density at radius 1 is 1.03 bits per heavy atom. The van der Waals surface area contributed by atoms with Gasteiger partial charge in [-0.2, -0.15) is 5.10 Å². The van der Waals surface area contributed by atoms with Gasteiger partial charge in [-0.15, -0.1) is 0 Å². The monoisotopic (exact) mass is 391 g/mol. The van der Waals surface area contributed by atoms with Crippen molar-refractivity contribution in [3.8, 4) is 5.69 Å². The maximum Gasteiger partial charge on any atom is 0.315 e. The number of carbonyl (C=O) groups is 1. The lowest BCUT2D eigenvalue weighted by atomic mass is 10.1. The van der Waals surface area contributed by atoms with E-state index in [-0.39, 0.29) is 12.1 Å². The lowest BCUT2D eigenvalue weighted by Gasteiger charge is -2.23. The van der Waals surface area contributed by atoms with Crippen LogP contribution < -0.4 is 10.6 Å². The molecule has 0 bridgehead atoms. The molecule has 0 saturated carbocycles. The van der Waals surface area contributed by atoms with Gasteiger partial charge in [0, 0.05) is 24.3 Å². The molecule has 0 aliphatic heterocycles. The minimum absolute atomic E-state index is 0.0829. The van der Waals surface area contributed by atoms with Crippen LogP contribution in [0.1, 0.15) is 28.6 Å². The molecule has 29 heavy (non-hydrogen) atoms. The minimum atomic E-state index is -0.188. The highest BCUT2D eigenvalue weighted by atomic mass is 16.2. The Hall–Kier alpha value is -3.12. The van der Waals surface area contributed by atoms with Crippen molar-refractivity contribution in [3.05, 3.63) is 83.2 Å². The predicted octanol–water partition coefficient (Wildman–Crippen LogP) is 3.59. The lowest BCUT2D eigenvalue weighted by Crippen LogP contribution is -2.41. The van der Waals surface area contributed by atoms with E-state index in [4.69, 9.17) is 0 Å². The van der Waals surface area contributed by atoms with Crippen LogP contribution in [0.15, 0.2) is 60.7 Å². The van der Waals surface area contributed by atoms with E-state index >= 15 is 0 Å². The van der Waals surface area contributed by atoms with Gasteiger partial charge >= 0.3 is 6.03 Å². The van der Waals surface area contributed by atoms with E-state index in [1.165, 1.54) is 0 Å². The first kappa shape index (κ1) is 20.6. The Morgan fingerprint density at radius 2 is 1.66 bits per heavy atom. The summed E-state index contributed by atoms with van der Waals surface area (Å²) >= 11 is 0. The molecular formula is C23H29N5O. The number of likely N-dealkylation sites (N-methyl/N-ethyl adjacent to an activating group) is 1. The fraction of sp³-hybridized carbons (Fsp3) is 0.304. The molecule has 1 unspecified atom stereocenters. The van der Waals surface area contributed by atoms with E-state index in [9.17, 15) is 4.79 Å². The normalized spacial score (nSPS) is 12.0. The van der Waals surface area contributed by atoms with Crippen molar-refractivity contribution in [1.82, 2.24) is 25.3 Å². The second-order valence-corrected chi connectivity index (χ2v) is 7.45. The van der Waals surface area contributed by atoms with E-state index in [1.54, 1.807) is 0 Å². The number of hydrogen-bond acceptors (Lipinski definition) is 3. The van der Waals surface area contributed by atoms with Gasteiger partial charge in [0.2, 0.25) is 0 Å². The van der Waals surface area contributed by atoms with Gasteiger partial charge in [0.1, 0.15) is 0 Å². The number of nitrogens with zero attached hydrogens (tertiary/aromatic N) is 3. The molecule has 1 heterocycles. The molecule has 0 fully saturated rings. The van der Waals surface area contributed by atoms with Crippen molar-refractivity contribution in [2.24, 2.45) is 0 Å². The number of hydrogen-bond donors (Lipinski definition) is 2. The Morgan fingerprint density at radius 3 is 2.28 bits per heavy atom. The first-order valence-corrected chi connectivity index (χ1v) is 9.80. The Balaban J connectivity index is 1.68. The van der Waals surface area contributed by atoms with E-state index in [2.05, 4.69) is 20.6 Å². The first-order chi connectivity index (χ1) is 14.0. The zero-order chi connectivity index (χ0) is 20.8. The molecule has 6 heteroatoms. The third kappa shape index (κ3) is 5.23. The van der Waals surface area contributed by atoms with Crippen molar-refractivity contribution < 1.29 is 4.79 Å². The molecule has 2 amide bonds. The van der Waals surface area contributed by atoms with Gasteiger partial charge in [0.25, 0.3) is 0 Å². The van der Waals surface area contributed by atoms with Crippen LogP contribution in [0.3, 0.4) is 0 Å². The highest BCUT2D eigenvalue weighted by molar-refractivity contribution is 5.74. The molecule has 152 valence electrons. The number of amides is 2. The van der Waals surface area contributed by atoms with Gasteiger partial charge < -0.3 is 15.5 Å². The van der Waals surface area contributed by atoms with Crippen molar-refractivity contribution in [2.75, 3.05) is 20.6 Å². The summed E-state index contributed by atoms with van der Waals surface area (Å²) in [6, 6.07) is 19.8. The highest BCUT2D eigenvalue weighted by Gasteiger charge is 2.17. The molecule has 1 atom stereocenters. The molecular weight excluding hydrogens is 362 g/mol. The number of benzene rings is 2. The minimum Gasteiger partial charge on any atom is -0.334 e. The molecule has 3 aromatic rings. The third-order valence-corrected chi connectivity index (χ3v) is 4.92. The smallest absolute Gasteiger partial charge is 0.315 e. The number of aromatic nitrogens is 2. The molecule has 0 saturated heterocycles. The van der Waals surface area contributed by atoms with Gasteiger partial charge in [-0.05, 0) is 45.6 Å². The van der Waals surface area contributed by atoms with Crippen LogP contribution >= 0.6 is 0 Å². The van der Waals surface area contributed by atoms with Crippen LogP contribution in [0.4, 0.5) is 4.79 Å². The number of nitrogens with one attached hydrogen (secondary N) is 2. The van der Waals surface area contributed by atoms with Gasteiger partial charge in [0.05, 0.1) is 17.4 Å². The van der Waals surface area contributed by atoms with Crippen LogP contribution in [0.5, 0.6) is 0 Å². The SMILES string of the molecule is Cc1nn(-c2ccccc2)c(C)c1CNC(=O)NC(CN(C)C)c1ccccc1. The lowest BCUT2D eigenvalue weighted by molar-refractivity contribution is 0.232. The maximum absolute atomic E-state index is 12.6. The molecule has 6 nitrogen and oxygen atoms in total. The topological polar surface area (TPSA) is 62.2 Å². The van der Waals surface area contributed by atoms with Gasteiger partial charge in [-0.25, -0.2) is 9.48 Å². The van der Waals surface area contributed by atoms with Crippen molar-refractivity contribution in [1.29, 1.82) is 0 Å². The average Bonchev–Trinajstić information content (AvgIpc) is 3.00. The molecule has 0 aliphatic carbocycles. The van der Waals surface area contributed by atoms with Crippen molar-refractivity contribution >= 4 is 6.03 Å². The quantitative estimate of drug-likeness (QED) is 0.647. The van der Waals surface area contributed by atoms with Gasteiger partial charge in [-0.1, -0.05) is 48.5 Å². The molecule has 2 N–H and O–H groups in total. The largest absolute Gasteiger partial charge is 0.334 e. The van der Waals surface area contributed by atoms with E-state index in [0.29, 0.717) is 6.54 Å². The third-order valence-electron chi connectivity index (χ3n) is 4.92. The summed E-state index contributed by atoms with van der Waals surface area (Å²) in [4.78, 5) is 14.7. The Labute approximate surface area is 172 Å². The van der Waals surface area contributed by atoms with Crippen molar-refractivity contribution in [2.45, 2.75) is 26.4 Å². The summed E-state index contributed by atoms with van der Waals surface area (Å²) in [5.74, 6) is 0. The summed E-state index contributed by atoms with van der Waals surface area (Å²) in [6.07, 6.45) is 0. The van der Waals surface area contributed by atoms with Gasteiger partial charge in [0.15, 0.2) is 0 Å². The molecule has 2 aromatic carbocycles. The van der Waals surface area contributed by atoms with Crippen LogP contribution in [0.2, 0.25) is 0 Å². The molecule has 3 rings (SSSR count).